The van der Waals surface area contributed by atoms with Crippen molar-refractivity contribution in [3.8, 4) is 0 Å². The fourth-order valence-corrected chi connectivity index (χ4v) is 3.02. The third kappa shape index (κ3) is 2.06. The van der Waals surface area contributed by atoms with E-state index in [1.165, 1.54) is 11.9 Å². The van der Waals surface area contributed by atoms with Crippen LogP contribution in [0.25, 0.3) is 0 Å². The highest BCUT2D eigenvalue weighted by molar-refractivity contribution is 5.37. The maximum atomic E-state index is 11.1. The molecule has 1 aromatic carbocycles. The molecule has 4 heteroatoms. The summed E-state index contributed by atoms with van der Waals surface area (Å²) in [5, 5.41) is 15.1. The summed E-state index contributed by atoms with van der Waals surface area (Å²) in [5.41, 5.74) is 1.50. The first kappa shape index (κ1) is 12.4. The smallest absolute Gasteiger partial charge is 0.138 e. The van der Waals surface area contributed by atoms with Crippen molar-refractivity contribution in [3.63, 3.8) is 0 Å². The summed E-state index contributed by atoms with van der Waals surface area (Å²) in [6.07, 6.45) is 3.84. The lowest BCUT2D eigenvalue weighted by atomic mass is 9.73. The van der Waals surface area contributed by atoms with E-state index in [4.69, 9.17) is 0 Å². The number of fused-ring (bicyclic) bond motifs is 1. The molecule has 1 aliphatic rings. The topological polar surface area (TPSA) is 50.9 Å². The van der Waals surface area contributed by atoms with Gasteiger partial charge in [0.15, 0.2) is 0 Å². The van der Waals surface area contributed by atoms with E-state index < -0.39 is 5.60 Å². The molecule has 1 aromatic heterocycles. The average molecular weight is 257 g/mol. The fraction of sp³-hybridized carbons (Fsp3) is 0.467. The minimum atomic E-state index is -0.816. The Balaban J connectivity index is 2.01. The number of hydrogen-bond acceptors (Lipinski definition) is 3. The molecule has 19 heavy (non-hydrogen) atoms. The minimum absolute atomic E-state index is 0.510. The van der Waals surface area contributed by atoms with Crippen molar-refractivity contribution < 1.29 is 5.11 Å². The van der Waals surface area contributed by atoms with Crippen LogP contribution in [-0.2, 0) is 19.1 Å². The number of aryl methyl sites for hydroxylation is 1. The van der Waals surface area contributed by atoms with Crippen LogP contribution < -0.4 is 0 Å². The van der Waals surface area contributed by atoms with Crippen molar-refractivity contribution in [1.29, 1.82) is 0 Å². The van der Waals surface area contributed by atoms with Crippen molar-refractivity contribution >= 4 is 0 Å². The molecule has 0 bridgehead atoms. The standard InChI is InChI=1S/C15H19N3O/c1-11-7-8-15(19,9-14-16-10-17-18(14)2)13-6-4-3-5-12(11)13/h3-6,10-11,19H,7-9H2,1-2H3. The summed E-state index contributed by atoms with van der Waals surface area (Å²) in [4.78, 5) is 4.24. The molecule has 0 aliphatic heterocycles. The Morgan fingerprint density at radius 1 is 1.42 bits per heavy atom. The largest absolute Gasteiger partial charge is 0.385 e. The molecule has 1 aliphatic carbocycles. The first-order valence-electron chi connectivity index (χ1n) is 6.75. The average Bonchev–Trinajstić information content (AvgIpc) is 2.80. The van der Waals surface area contributed by atoms with Crippen LogP contribution >= 0.6 is 0 Å². The summed E-state index contributed by atoms with van der Waals surface area (Å²) in [7, 11) is 1.86. The van der Waals surface area contributed by atoms with Gasteiger partial charge in [-0.3, -0.25) is 4.68 Å². The molecule has 0 spiro atoms. The predicted molar refractivity (Wildman–Crippen MR) is 72.7 cm³/mol. The lowest BCUT2D eigenvalue weighted by Crippen LogP contribution is -2.34. The lowest BCUT2D eigenvalue weighted by molar-refractivity contribution is 0.0132. The van der Waals surface area contributed by atoms with Crippen molar-refractivity contribution in [1.82, 2.24) is 14.8 Å². The van der Waals surface area contributed by atoms with E-state index in [-0.39, 0.29) is 0 Å². The van der Waals surface area contributed by atoms with Crippen LogP contribution in [0, 0.1) is 0 Å². The summed E-state index contributed by atoms with van der Waals surface area (Å²) >= 11 is 0. The molecule has 0 fully saturated rings. The molecular formula is C15H19N3O. The number of nitrogens with zero attached hydrogens (tertiary/aromatic N) is 3. The van der Waals surface area contributed by atoms with Crippen LogP contribution in [0.1, 0.15) is 42.6 Å². The molecule has 1 N–H and O–H groups in total. The third-order valence-corrected chi connectivity index (χ3v) is 4.24. The van der Waals surface area contributed by atoms with Crippen LogP contribution in [0.2, 0.25) is 0 Å². The Bertz CT molecular complexity index is 593. The second-order valence-corrected chi connectivity index (χ2v) is 5.54. The van der Waals surface area contributed by atoms with Crippen LogP contribution in [0.4, 0.5) is 0 Å². The summed E-state index contributed by atoms with van der Waals surface area (Å²) < 4.78 is 1.73. The van der Waals surface area contributed by atoms with Crippen molar-refractivity contribution in [3.05, 3.63) is 47.5 Å². The maximum Gasteiger partial charge on any atom is 0.138 e. The third-order valence-electron chi connectivity index (χ3n) is 4.24. The lowest BCUT2D eigenvalue weighted by Gasteiger charge is -2.37. The van der Waals surface area contributed by atoms with E-state index in [9.17, 15) is 5.11 Å². The zero-order valence-corrected chi connectivity index (χ0v) is 11.4. The van der Waals surface area contributed by atoms with Gasteiger partial charge in [-0.1, -0.05) is 31.2 Å². The molecule has 0 radical (unpaired) electrons. The van der Waals surface area contributed by atoms with Crippen LogP contribution in [0.5, 0.6) is 0 Å². The Hall–Kier alpha value is -1.68. The number of benzene rings is 1. The zero-order valence-electron chi connectivity index (χ0n) is 11.4. The normalized spacial score (nSPS) is 26.2. The summed E-state index contributed by atoms with van der Waals surface area (Å²) in [6, 6.07) is 8.21. The molecule has 0 amide bonds. The number of rotatable bonds is 2. The van der Waals surface area contributed by atoms with Gasteiger partial charge in [0.05, 0.1) is 5.60 Å². The monoisotopic (exact) mass is 257 g/mol. The maximum absolute atomic E-state index is 11.1. The molecule has 0 saturated heterocycles. The van der Waals surface area contributed by atoms with Gasteiger partial charge in [0, 0.05) is 13.5 Å². The van der Waals surface area contributed by atoms with Gasteiger partial charge < -0.3 is 5.11 Å². The minimum Gasteiger partial charge on any atom is -0.385 e. The predicted octanol–water partition coefficient (Wildman–Crippen LogP) is 2.14. The summed E-state index contributed by atoms with van der Waals surface area (Å²) in [5.74, 6) is 1.34. The summed E-state index contributed by atoms with van der Waals surface area (Å²) in [6.45, 7) is 2.22. The molecule has 2 unspecified atom stereocenters. The molecule has 100 valence electrons. The molecule has 1 heterocycles. The molecule has 2 aromatic rings. The second kappa shape index (κ2) is 4.46. The Morgan fingerprint density at radius 3 is 2.95 bits per heavy atom. The van der Waals surface area contributed by atoms with Gasteiger partial charge in [0.25, 0.3) is 0 Å². The van der Waals surface area contributed by atoms with Gasteiger partial charge in [-0.2, -0.15) is 5.10 Å². The SMILES string of the molecule is CC1CCC(O)(Cc2ncnn2C)c2ccccc21. The van der Waals surface area contributed by atoms with E-state index in [0.29, 0.717) is 12.3 Å². The molecule has 2 atom stereocenters. The van der Waals surface area contributed by atoms with Crippen molar-refractivity contribution in [2.24, 2.45) is 7.05 Å². The highest BCUT2D eigenvalue weighted by Crippen LogP contribution is 2.42. The highest BCUT2D eigenvalue weighted by atomic mass is 16.3. The van der Waals surface area contributed by atoms with Gasteiger partial charge in [0.1, 0.15) is 12.2 Å². The Labute approximate surface area is 113 Å². The molecular weight excluding hydrogens is 238 g/mol. The number of hydrogen-bond donors (Lipinski definition) is 1. The van der Waals surface area contributed by atoms with E-state index >= 15 is 0 Å². The van der Waals surface area contributed by atoms with Gasteiger partial charge >= 0.3 is 0 Å². The first-order valence-corrected chi connectivity index (χ1v) is 6.75. The van der Waals surface area contributed by atoms with Crippen molar-refractivity contribution in [2.75, 3.05) is 0 Å². The van der Waals surface area contributed by atoms with Crippen molar-refractivity contribution in [2.45, 2.75) is 37.7 Å². The van der Waals surface area contributed by atoms with Gasteiger partial charge in [-0.15, -0.1) is 0 Å². The molecule has 4 nitrogen and oxygen atoms in total. The zero-order chi connectivity index (χ0) is 13.5. The quantitative estimate of drug-likeness (QED) is 0.896. The van der Waals surface area contributed by atoms with E-state index in [2.05, 4.69) is 23.1 Å². The molecule has 0 saturated carbocycles. The number of aliphatic hydroxyl groups is 1. The van der Waals surface area contributed by atoms with E-state index in [0.717, 1.165) is 24.2 Å². The second-order valence-electron chi connectivity index (χ2n) is 5.54. The Kier molecular flexibility index (Phi) is 2.90. The first-order chi connectivity index (χ1) is 9.10. The fourth-order valence-electron chi connectivity index (χ4n) is 3.02. The van der Waals surface area contributed by atoms with Crippen LogP contribution in [0.3, 0.4) is 0 Å². The van der Waals surface area contributed by atoms with Gasteiger partial charge in [-0.05, 0) is 29.9 Å². The van der Waals surface area contributed by atoms with Crippen LogP contribution in [-0.4, -0.2) is 19.9 Å². The van der Waals surface area contributed by atoms with Gasteiger partial charge in [-0.25, -0.2) is 4.98 Å². The molecule has 3 rings (SSSR count). The van der Waals surface area contributed by atoms with Gasteiger partial charge in [0.2, 0.25) is 0 Å². The highest BCUT2D eigenvalue weighted by Gasteiger charge is 2.37. The van der Waals surface area contributed by atoms with E-state index in [1.807, 2.05) is 25.2 Å². The number of aromatic nitrogens is 3. The Morgan fingerprint density at radius 2 is 2.21 bits per heavy atom. The van der Waals surface area contributed by atoms with Crippen LogP contribution in [0.15, 0.2) is 30.6 Å². The van der Waals surface area contributed by atoms with E-state index in [1.54, 1.807) is 4.68 Å².